The molecule has 0 bridgehead atoms. The van der Waals surface area contributed by atoms with Crippen molar-refractivity contribution in [1.82, 2.24) is 5.32 Å². The molecular formula is C11H20N2O4. The summed E-state index contributed by atoms with van der Waals surface area (Å²) >= 11 is 0. The maximum absolute atomic E-state index is 11.9. The van der Waals surface area contributed by atoms with E-state index in [1.54, 1.807) is 0 Å². The number of rotatable bonds is 4. The Hall–Kier alpha value is -1.14. The summed E-state index contributed by atoms with van der Waals surface area (Å²) in [5.74, 6) is -1.94. The molecule has 3 atom stereocenters. The van der Waals surface area contributed by atoms with Gasteiger partial charge in [0.1, 0.15) is 6.04 Å². The van der Waals surface area contributed by atoms with E-state index in [1.165, 1.54) is 0 Å². The average Bonchev–Trinajstić information content (AvgIpc) is 2.50. The fourth-order valence-corrected chi connectivity index (χ4v) is 2.13. The monoisotopic (exact) mass is 244 g/mol. The molecule has 6 nitrogen and oxygen atoms in total. The van der Waals surface area contributed by atoms with Crippen molar-refractivity contribution in [2.45, 2.75) is 44.2 Å². The van der Waals surface area contributed by atoms with E-state index in [4.69, 9.17) is 15.9 Å². The van der Waals surface area contributed by atoms with Crippen LogP contribution in [0, 0.1) is 5.92 Å². The highest BCUT2D eigenvalue weighted by molar-refractivity contribution is 5.85. The fraction of sp³-hybridized carbons (Fsp3) is 0.818. The second-order valence-electron chi connectivity index (χ2n) is 4.49. The minimum absolute atomic E-state index is 0.217. The first-order valence-corrected chi connectivity index (χ1v) is 5.96. The Balaban J connectivity index is 2.58. The first-order chi connectivity index (χ1) is 8.06. The predicted octanol–water partition coefficient (Wildman–Crippen LogP) is -0.544. The number of hydrogen-bond acceptors (Lipinski definition) is 4. The zero-order chi connectivity index (χ0) is 12.8. The number of aliphatic carboxylic acids is 1. The van der Waals surface area contributed by atoms with Crippen molar-refractivity contribution < 1.29 is 19.8 Å². The van der Waals surface area contributed by atoms with Gasteiger partial charge in [0.15, 0.2) is 0 Å². The quantitative estimate of drug-likeness (QED) is 0.496. The SMILES string of the molecule is NC1CCCCCC1C(=O)NC(CO)C(=O)O. The molecule has 1 aliphatic carbocycles. The number of aliphatic hydroxyl groups is 1. The molecule has 1 amide bonds. The van der Waals surface area contributed by atoms with Crippen LogP contribution in [0.1, 0.15) is 32.1 Å². The van der Waals surface area contributed by atoms with Crippen LogP contribution in [0.5, 0.6) is 0 Å². The molecule has 0 aromatic carbocycles. The molecular weight excluding hydrogens is 224 g/mol. The summed E-state index contributed by atoms with van der Waals surface area (Å²) in [4.78, 5) is 22.6. The van der Waals surface area contributed by atoms with Crippen molar-refractivity contribution in [2.24, 2.45) is 11.7 Å². The van der Waals surface area contributed by atoms with E-state index < -0.39 is 18.6 Å². The Labute approximate surface area is 100 Å². The average molecular weight is 244 g/mol. The van der Waals surface area contributed by atoms with Gasteiger partial charge < -0.3 is 21.3 Å². The van der Waals surface area contributed by atoms with Crippen molar-refractivity contribution in [3.8, 4) is 0 Å². The summed E-state index contributed by atoms with van der Waals surface area (Å²) in [5.41, 5.74) is 5.90. The van der Waals surface area contributed by atoms with Crippen LogP contribution in [0.15, 0.2) is 0 Å². The van der Waals surface area contributed by atoms with E-state index in [-0.39, 0.29) is 17.9 Å². The van der Waals surface area contributed by atoms with Gasteiger partial charge in [-0.25, -0.2) is 4.79 Å². The smallest absolute Gasteiger partial charge is 0.328 e. The van der Waals surface area contributed by atoms with Crippen LogP contribution >= 0.6 is 0 Å². The zero-order valence-corrected chi connectivity index (χ0v) is 9.76. The molecule has 0 aromatic heterocycles. The van der Waals surface area contributed by atoms with Gasteiger partial charge in [-0.2, -0.15) is 0 Å². The molecule has 98 valence electrons. The highest BCUT2D eigenvalue weighted by atomic mass is 16.4. The third-order valence-electron chi connectivity index (χ3n) is 3.20. The van der Waals surface area contributed by atoms with Crippen LogP contribution in [0.25, 0.3) is 0 Å². The third-order valence-corrected chi connectivity index (χ3v) is 3.20. The first kappa shape index (κ1) is 13.9. The van der Waals surface area contributed by atoms with Crippen LogP contribution in [0.3, 0.4) is 0 Å². The zero-order valence-electron chi connectivity index (χ0n) is 9.76. The van der Waals surface area contributed by atoms with Crippen LogP contribution in [0.2, 0.25) is 0 Å². The number of amides is 1. The molecule has 3 unspecified atom stereocenters. The Morgan fingerprint density at radius 1 is 1.29 bits per heavy atom. The van der Waals surface area contributed by atoms with Gasteiger partial charge in [0, 0.05) is 6.04 Å². The van der Waals surface area contributed by atoms with Crippen LogP contribution in [-0.2, 0) is 9.59 Å². The predicted molar refractivity (Wildman–Crippen MR) is 61.2 cm³/mol. The minimum atomic E-state index is -1.24. The molecule has 1 rings (SSSR count). The number of nitrogens with one attached hydrogen (secondary N) is 1. The summed E-state index contributed by atoms with van der Waals surface area (Å²) in [6.45, 7) is -0.608. The van der Waals surface area contributed by atoms with Crippen molar-refractivity contribution in [2.75, 3.05) is 6.61 Å². The van der Waals surface area contributed by atoms with E-state index in [1.807, 2.05) is 0 Å². The van der Waals surface area contributed by atoms with Gasteiger partial charge in [0.05, 0.1) is 12.5 Å². The first-order valence-electron chi connectivity index (χ1n) is 5.96. The lowest BCUT2D eigenvalue weighted by Crippen LogP contribution is -2.49. The topological polar surface area (TPSA) is 113 Å². The standard InChI is InChI=1S/C11H20N2O4/c12-8-5-3-1-2-4-7(8)10(15)13-9(6-14)11(16)17/h7-9,14H,1-6,12H2,(H,13,15)(H,16,17). The number of nitrogens with two attached hydrogens (primary N) is 1. The normalized spacial score (nSPS) is 26.9. The van der Waals surface area contributed by atoms with Gasteiger partial charge in [-0.1, -0.05) is 19.3 Å². The molecule has 5 N–H and O–H groups in total. The lowest BCUT2D eigenvalue weighted by Gasteiger charge is -2.22. The molecule has 1 fully saturated rings. The Kier molecular flexibility index (Phi) is 5.37. The summed E-state index contributed by atoms with van der Waals surface area (Å²) in [6, 6.07) is -1.46. The fourth-order valence-electron chi connectivity index (χ4n) is 2.13. The van der Waals surface area contributed by atoms with E-state index in [0.29, 0.717) is 6.42 Å². The van der Waals surface area contributed by atoms with Gasteiger partial charge in [-0.05, 0) is 12.8 Å². The van der Waals surface area contributed by atoms with Crippen LogP contribution in [0.4, 0.5) is 0 Å². The van der Waals surface area contributed by atoms with Crippen molar-refractivity contribution >= 4 is 11.9 Å². The molecule has 0 heterocycles. The molecule has 0 radical (unpaired) electrons. The molecule has 1 saturated carbocycles. The molecule has 0 aromatic rings. The van der Waals surface area contributed by atoms with Gasteiger partial charge in [-0.3, -0.25) is 4.79 Å². The Morgan fingerprint density at radius 2 is 1.94 bits per heavy atom. The van der Waals surface area contributed by atoms with Crippen LogP contribution < -0.4 is 11.1 Å². The van der Waals surface area contributed by atoms with Crippen molar-refractivity contribution in [3.05, 3.63) is 0 Å². The number of carboxylic acids is 1. The maximum Gasteiger partial charge on any atom is 0.328 e. The minimum Gasteiger partial charge on any atom is -0.480 e. The van der Waals surface area contributed by atoms with Crippen molar-refractivity contribution in [1.29, 1.82) is 0 Å². The number of hydrogen-bond donors (Lipinski definition) is 4. The summed E-state index contributed by atoms with van der Waals surface area (Å²) in [7, 11) is 0. The maximum atomic E-state index is 11.9. The molecule has 0 spiro atoms. The third kappa shape index (κ3) is 3.98. The van der Waals surface area contributed by atoms with E-state index >= 15 is 0 Å². The number of carboxylic acid groups (broad SMARTS) is 1. The summed E-state index contributed by atoms with van der Waals surface area (Å²) < 4.78 is 0. The molecule has 0 aliphatic heterocycles. The van der Waals surface area contributed by atoms with Gasteiger partial charge in [-0.15, -0.1) is 0 Å². The van der Waals surface area contributed by atoms with Gasteiger partial charge in [0.25, 0.3) is 0 Å². The molecule has 0 saturated heterocycles. The molecule has 1 aliphatic rings. The van der Waals surface area contributed by atoms with E-state index in [0.717, 1.165) is 25.7 Å². The second-order valence-corrected chi connectivity index (χ2v) is 4.49. The van der Waals surface area contributed by atoms with E-state index in [9.17, 15) is 9.59 Å². The largest absolute Gasteiger partial charge is 0.480 e. The highest BCUT2D eigenvalue weighted by Crippen LogP contribution is 2.22. The Morgan fingerprint density at radius 3 is 2.53 bits per heavy atom. The molecule has 17 heavy (non-hydrogen) atoms. The number of carbonyl (C=O) groups is 2. The lowest BCUT2D eigenvalue weighted by atomic mass is 9.94. The number of carbonyl (C=O) groups excluding carboxylic acids is 1. The van der Waals surface area contributed by atoms with Gasteiger partial charge in [0.2, 0.25) is 5.91 Å². The highest BCUT2D eigenvalue weighted by Gasteiger charge is 2.29. The Bertz CT molecular complexity index is 283. The lowest BCUT2D eigenvalue weighted by molar-refractivity contribution is -0.143. The van der Waals surface area contributed by atoms with Crippen LogP contribution in [-0.4, -0.2) is 40.8 Å². The van der Waals surface area contributed by atoms with E-state index in [2.05, 4.69) is 5.32 Å². The molecule has 6 heteroatoms. The second kappa shape index (κ2) is 6.56. The summed E-state index contributed by atoms with van der Waals surface area (Å²) in [6.07, 6.45) is 4.47. The van der Waals surface area contributed by atoms with Gasteiger partial charge >= 0.3 is 5.97 Å². The number of aliphatic hydroxyl groups excluding tert-OH is 1. The van der Waals surface area contributed by atoms with Crippen molar-refractivity contribution in [3.63, 3.8) is 0 Å². The summed E-state index contributed by atoms with van der Waals surface area (Å²) in [5, 5.41) is 19.9.